The largest absolute Gasteiger partial charge is 0.332 e. The Morgan fingerprint density at radius 2 is 1.65 bits per heavy atom. The molecule has 0 aromatic heterocycles. The Morgan fingerprint density at radius 1 is 1.00 bits per heavy atom. The summed E-state index contributed by atoms with van der Waals surface area (Å²) in [7, 11) is 0. The molecule has 0 radical (unpaired) electrons. The van der Waals surface area contributed by atoms with Gasteiger partial charge in [-0.25, -0.2) is 0 Å². The lowest BCUT2D eigenvalue weighted by molar-refractivity contribution is 1.38. The Hall–Kier alpha value is -2.38. The molecule has 0 saturated carbocycles. The summed E-state index contributed by atoms with van der Waals surface area (Å²) in [5.41, 5.74) is 4.72. The first-order chi connectivity index (χ1) is 9.56. The number of benzene rings is 2. The van der Waals surface area contributed by atoms with Crippen molar-refractivity contribution in [2.24, 2.45) is 0 Å². The highest BCUT2D eigenvalue weighted by molar-refractivity contribution is 7.80. The average molecular weight is 281 g/mol. The molecule has 2 N–H and O–H groups in total. The molecule has 0 fully saturated rings. The second-order valence-corrected chi connectivity index (χ2v) is 5.06. The van der Waals surface area contributed by atoms with Crippen molar-refractivity contribution < 1.29 is 0 Å². The fraction of sp³-hybridized carbons (Fsp3) is 0.125. The first kappa shape index (κ1) is 14.0. The van der Waals surface area contributed by atoms with E-state index in [2.05, 4.69) is 22.8 Å². The van der Waals surface area contributed by atoms with Gasteiger partial charge in [0.05, 0.1) is 11.6 Å². The van der Waals surface area contributed by atoms with E-state index in [1.807, 2.05) is 38.1 Å². The molecule has 2 aromatic carbocycles. The number of hydrogen-bond acceptors (Lipinski definition) is 2. The molecule has 20 heavy (non-hydrogen) atoms. The third-order valence-electron chi connectivity index (χ3n) is 2.73. The van der Waals surface area contributed by atoms with Crippen LogP contribution in [0.2, 0.25) is 0 Å². The van der Waals surface area contributed by atoms with Gasteiger partial charge in [-0.2, -0.15) is 5.26 Å². The third-order valence-corrected chi connectivity index (χ3v) is 2.93. The molecule has 4 heteroatoms. The van der Waals surface area contributed by atoms with E-state index >= 15 is 0 Å². The Kier molecular flexibility index (Phi) is 4.34. The lowest BCUT2D eigenvalue weighted by Gasteiger charge is -2.12. The van der Waals surface area contributed by atoms with Crippen molar-refractivity contribution in [1.82, 2.24) is 0 Å². The molecule has 0 heterocycles. The minimum absolute atomic E-state index is 0.505. The van der Waals surface area contributed by atoms with Crippen molar-refractivity contribution in [2.75, 3.05) is 10.6 Å². The number of hydrogen-bond donors (Lipinski definition) is 2. The molecule has 0 aliphatic carbocycles. The average Bonchev–Trinajstić information content (AvgIpc) is 2.37. The molecule has 0 aliphatic heterocycles. The summed E-state index contributed by atoms with van der Waals surface area (Å²) in [6.07, 6.45) is 0. The highest BCUT2D eigenvalue weighted by Gasteiger charge is 2.01. The maximum Gasteiger partial charge on any atom is 0.175 e. The Balaban J connectivity index is 2.07. The van der Waals surface area contributed by atoms with Gasteiger partial charge in [0.25, 0.3) is 0 Å². The van der Waals surface area contributed by atoms with E-state index in [4.69, 9.17) is 17.5 Å². The summed E-state index contributed by atoms with van der Waals surface area (Å²) < 4.78 is 0. The molecule has 0 atom stereocenters. The molecule has 100 valence electrons. The molecule has 2 aromatic rings. The quantitative estimate of drug-likeness (QED) is 0.817. The summed E-state index contributed by atoms with van der Waals surface area (Å²) >= 11 is 5.28. The third kappa shape index (κ3) is 3.81. The number of aryl methyl sites for hydroxylation is 2. The van der Waals surface area contributed by atoms with Crippen molar-refractivity contribution in [3.8, 4) is 6.07 Å². The summed E-state index contributed by atoms with van der Waals surface area (Å²) in [6.45, 7) is 4.09. The molecule has 3 nitrogen and oxygen atoms in total. The number of anilines is 2. The van der Waals surface area contributed by atoms with E-state index in [9.17, 15) is 0 Å². The first-order valence-electron chi connectivity index (χ1n) is 6.23. The van der Waals surface area contributed by atoms with Gasteiger partial charge < -0.3 is 10.6 Å². The molecular formula is C16H15N3S. The van der Waals surface area contributed by atoms with E-state index in [0.29, 0.717) is 10.7 Å². The second kappa shape index (κ2) is 6.18. The van der Waals surface area contributed by atoms with E-state index in [1.165, 1.54) is 11.1 Å². The van der Waals surface area contributed by atoms with Gasteiger partial charge in [0, 0.05) is 11.4 Å². The van der Waals surface area contributed by atoms with Gasteiger partial charge in [-0.05, 0) is 67.5 Å². The maximum absolute atomic E-state index is 8.87. The number of nitriles is 1. The van der Waals surface area contributed by atoms with Crippen LogP contribution in [0.5, 0.6) is 0 Å². The van der Waals surface area contributed by atoms with Gasteiger partial charge in [0.15, 0.2) is 5.11 Å². The molecule has 0 spiro atoms. The van der Waals surface area contributed by atoms with Crippen molar-refractivity contribution in [1.29, 1.82) is 5.26 Å². The Bertz CT molecular complexity index is 666. The summed E-state index contributed by atoms with van der Waals surface area (Å²) in [4.78, 5) is 0. The van der Waals surface area contributed by atoms with Gasteiger partial charge >= 0.3 is 0 Å². The van der Waals surface area contributed by atoms with Crippen LogP contribution < -0.4 is 10.6 Å². The number of rotatable bonds is 2. The zero-order valence-electron chi connectivity index (χ0n) is 11.4. The van der Waals surface area contributed by atoms with Gasteiger partial charge in [0.2, 0.25) is 0 Å². The number of nitrogens with zero attached hydrogens (tertiary/aromatic N) is 1. The van der Waals surface area contributed by atoms with Crippen LogP contribution in [0.4, 0.5) is 11.4 Å². The lowest BCUT2D eigenvalue weighted by atomic mass is 10.1. The molecule has 0 unspecified atom stereocenters. The van der Waals surface area contributed by atoms with Crippen LogP contribution in [-0.4, -0.2) is 5.11 Å². The summed E-state index contributed by atoms with van der Waals surface area (Å²) in [5.74, 6) is 0. The molecule has 0 aliphatic rings. The van der Waals surface area contributed by atoms with Gasteiger partial charge in [-0.3, -0.25) is 0 Å². The fourth-order valence-electron chi connectivity index (χ4n) is 2.01. The van der Waals surface area contributed by atoms with Gasteiger partial charge in [-0.15, -0.1) is 0 Å². The van der Waals surface area contributed by atoms with Gasteiger partial charge in [-0.1, -0.05) is 12.1 Å². The topological polar surface area (TPSA) is 47.8 Å². The van der Waals surface area contributed by atoms with Crippen LogP contribution in [0.3, 0.4) is 0 Å². The van der Waals surface area contributed by atoms with E-state index < -0.39 is 0 Å². The Labute approximate surface area is 124 Å². The van der Waals surface area contributed by atoms with Crippen molar-refractivity contribution in [2.45, 2.75) is 13.8 Å². The van der Waals surface area contributed by atoms with Crippen LogP contribution in [-0.2, 0) is 0 Å². The molecular weight excluding hydrogens is 266 g/mol. The lowest BCUT2D eigenvalue weighted by Crippen LogP contribution is -2.19. The predicted octanol–water partition coefficient (Wildman–Crippen LogP) is 3.98. The predicted molar refractivity (Wildman–Crippen MR) is 86.9 cm³/mol. The molecule has 0 bridgehead atoms. The smallest absolute Gasteiger partial charge is 0.175 e. The zero-order chi connectivity index (χ0) is 14.5. The molecule has 0 amide bonds. The molecule has 2 rings (SSSR count). The number of thiocarbonyl (C=S) groups is 1. The van der Waals surface area contributed by atoms with E-state index in [1.54, 1.807) is 12.1 Å². The summed E-state index contributed by atoms with van der Waals surface area (Å²) in [5, 5.41) is 15.6. The monoisotopic (exact) mass is 281 g/mol. The standard InChI is InChI=1S/C16H15N3S/c1-11-6-12(2)8-15(7-11)19-16(20)18-14-5-3-4-13(9-14)10-17/h3-9H,1-2H3,(H2,18,19,20). The van der Waals surface area contributed by atoms with E-state index in [-0.39, 0.29) is 0 Å². The Morgan fingerprint density at radius 3 is 2.30 bits per heavy atom. The number of nitrogens with one attached hydrogen (secondary N) is 2. The second-order valence-electron chi connectivity index (χ2n) is 4.65. The fourth-order valence-corrected chi connectivity index (χ4v) is 2.24. The van der Waals surface area contributed by atoms with Crippen LogP contribution in [0, 0.1) is 25.2 Å². The summed E-state index contributed by atoms with van der Waals surface area (Å²) in [6, 6.07) is 15.5. The highest BCUT2D eigenvalue weighted by atomic mass is 32.1. The maximum atomic E-state index is 8.87. The molecule has 0 saturated heterocycles. The van der Waals surface area contributed by atoms with Crippen LogP contribution in [0.25, 0.3) is 0 Å². The van der Waals surface area contributed by atoms with E-state index in [0.717, 1.165) is 11.4 Å². The van der Waals surface area contributed by atoms with Crippen molar-refractivity contribution >= 4 is 28.7 Å². The van der Waals surface area contributed by atoms with Crippen LogP contribution in [0.15, 0.2) is 42.5 Å². The normalized spacial score (nSPS) is 9.65. The van der Waals surface area contributed by atoms with Crippen LogP contribution in [0.1, 0.15) is 16.7 Å². The van der Waals surface area contributed by atoms with Crippen molar-refractivity contribution in [3.63, 3.8) is 0 Å². The van der Waals surface area contributed by atoms with Crippen LogP contribution >= 0.6 is 12.2 Å². The minimum Gasteiger partial charge on any atom is -0.332 e. The highest BCUT2D eigenvalue weighted by Crippen LogP contribution is 2.15. The van der Waals surface area contributed by atoms with Crippen molar-refractivity contribution in [3.05, 3.63) is 59.2 Å². The SMILES string of the molecule is Cc1cc(C)cc(NC(=S)Nc2cccc(C#N)c2)c1. The first-order valence-corrected chi connectivity index (χ1v) is 6.64. The minimum atomic E-state index is 0.505. The van der Waals surface area contributed by atoms with Gasteiger partial charge in [0.1, 0.15) is 0 Å². The zero-order valence-corrected chi connectivity index (χ0v) is 12.2.